The molecule has 12 heteroatoms. The summed E-state index contributed by atoms with van der Waals surface area (Å²) in [5.74, 6) is -14.2. The molecule has 29 heavy (non-hydrogen) atoms. The first-order chi connectivity index (χ1) is 13.4. The summed E-state index contributed by atoms with van der Waals surface area (Å²) in [5.41, 5.74) is -4.20. The Morgan fingerprint density at radius 2 is 1.69 bits per heavy atom. The molecule has 0 saturated heterocycles. The number of hydrogen-bond donors (Lipinski definition) is 1. The van der Waals surface area contributed by atoms with Gasteiger partial charge in [-0.05, 0) is 13.0 Å². The average molecular weight is 423 g/mol. The van der Waals surface area contributed by atoms with Gasteiger partial charge in [-0.25, -0.2) is 22.0 Å². The van der Waals surface area contributed by atoms with Crippen LogP contribution in [-0.2, 0) is 9.59 Å². The minimum Gasteiger partial charge on any atom is -0.480 e. The van der Waals surface area contributed by atoms with E-state index in [0.29, 0.717) is 6.07 Å². The molecule has 1 heterocycles. The largest absolute Gasteiger partial charge is 0.482 e. The maximum atomic E-state index is 14.4. The van der Waals surface area contributed by atoms with Gasteiger partial charge in [-0.2, -0.15) is 8.78 Å². The number of carbonyl (C=O) groups excluding carboxylic acids is 1. The molecular weight excluding hydrogens is 415 g/mol. The highest BCUT2D eigenvalue weighted by Gasteiger charge is 2.51. The first-order valence-corrected chi connectivity index (χ1v) is 7.63. The fourth-order valence-electron chi connectivity index (χ4n) is 2.76. The maximum absolute atomic E-state index is 14.4. The number of carbonyl (C=O) groups is 2. The number of halogens is 7. The maximum Gasteiger partial charge on any atom is 0.482 e. The molecule has 5 nitrogen and oxygen atoms in total. The molecule has 1 aliphatic heterocycles. The number of aliphatic carboxylic acids is 1. The lowest BCUT2D eigenvalue weighted by Crippen LogP contribution is -2.52. The SMILES string of the molecule is Cc1c(F)c(F)c(F)c(-c2cc3c(cc2F)OC(F)(F)C(=O)N3CC(=O)O)c1F. The summed E-state index contributed by atoms with van der Waals surface area (Å²) < 4.78 is 102. The minimum absolute atomic E-state index is 0.00729. The Bertz CT molecular complexity index is 1040. The summed E-state index contributed by atoms with van der Waals surface area (Å²) in [5, 5.41) is 8.85. The molecule has 3 rings (SSSR count). The fourth-order valence-corrected chi connectivity index (χ4v) is 2.76. The van der Waals surface area contributed by atoms with Crippen LogP contribution in [0.4, 0.5) is 36.4 Å². The van der Waals surface area contributed by atoms with E-state index < -0.39 is 81.7 Å². The number of rotatable bonds is 3. The zero-order valence-electron chi connectivity index (χ0n) is 14.1. The molecule has 0 atom stereocenters. The van der Waals surface area contributed by atoms with Crippen molar-refractivity contribution in [3.63, 3.8) is 0 Å². The first kappa shape index (κ1) is 20.4. The van der Waals surface area contributed by atoms with Gasteiger partial charge >= 0.3 is 18.0 Å². The minimum atomic E-state index is -4.54. The van der Waals surface area contributed by atoms with Gasteiger partial charge in [-0.3, -0.25) is 14.5 Å². The Labute approximate surface area is 156 Å². The predicted octanol–water partition coefficient (Wildman–Crippen LogP) is 3.76. The number of fused-ring (bicyclic) bond motifs is 1. The number of hydrogen-bond acceptors (Lipinski definition) is 3. The number of benzene rings is 2. The number of alkyl halides is 2. The van der Waals surface area contributed by atoms with E-state index >= 15 is 0 Å². The summed E-state index contributed by atoms with van der Waals surface area (Å²) in [6.45, 7) is -0.575. The van der Waals surface area contributed by atoms with Crippen molar-refractivity contribution < 1.29 is 50.2 Å². The second-order valence-electron chi connectivity index (χ2n) is 5.96. The van der Waals surface area contributed by atoms with Crippen LogP contribution >= 0.6 is 0 Å². The van der Waals surface area contributed by atoms with Crippen molar-refractivity contribution >= 4 is 17.6 Å². The second-order valence-corrected chi connectivity index (χ2v) is 5.96. The van der Waals surface area contributed by atoms with Gasteiger partial charge in [0.2, 0.25) is 0 Å². The van der Waals surface area contributed by atoms with Gasteiger partial charge in [0, 0.05) is 17.2 Å². The Hall–Kier alpha value is -3.31. The van der Waals surface area contributed by atoms with Crippen LogP contribution in [-0.4, -0.2) is 29.6 Å². The molecule has 0 saturated carbocycles. The molecule has 154 valence electrons. The van der Waals surface area contributed by atoms with Crippen LogP contribution < -0.4 is 9.64 Å². The number of anilines is 1. The van der Waals surface area contributed by atoms with E-state index in [4.69, 9.17) is 5.11 Å². The first-order valence-electron chi connectivity index (χ1n) is 7.63. The third-order valence-electron chi connectivity index (χ3n) is 4.12. The van der Waals surface area contributed by atoms with Crippen molar-refractivity contribution in [2.45, 2.75) is 13.0 Å². The van der Waals surface area contributed by atoms with E-state index in [2.05, 4.69) is 4.74 Å². The van der Waals surface area contributed by atoms with Gasteiger partial charge in [0.1, 0.15) is 18.2 Å². The quantitative estimate of drug-likeness (QED) is 0.464. The lowest BCUT2D eigenvalue weighted by atomic mass is 9.98. The van der Waals surface area contributed by atoms with E-state index in [1.165, 1.54) is 0 Å². The van der Waals surface area contributed by atoms with Crippen LogP contribution in [0.1, 0.15) is 5.56 Å². The highest BCUT2D eigenvalue weighted by molar-refractivity contribution is 6.04. The highest BCUT2D eigenvalue weighted by Crippen LogP contribution is 2.44. The van der Waals surface area contributed by atoms with Crippen molar-refractivity contribution in [2.24, 2.45) is 0 Å². The molecule has 0 unspecified atom stereocenters. The molecule has 0 fully saturated rings. The third kappa shape index (κ3) is 3.13. The van der Waals surface area contributed by atoms with Crippen LogP contribution in [0.5, 0.6) is 5.75 Å². The number of nitrogens with zero attached hydrogens (tertiary/aromatic N) is 1. The molecule has 0 aromatic heterocycles. The van der Waals surface area contributed by atoms with Crippen LogP contribution in [0.2, 0.25) is 0 Å². The van der Waals surface area contributed by atoms with Crippen LogP contribution in [0, 0.1) is 36.0 Å². The standard InChI is InChI=1S/C17H8F7NO4/c1-5-12(19)11(14(21)15(22)13(5)20)6-2-8-9(3-7(6)18)29-17(23,24)16(28)25(8)4-10(26)27/h2-3H,4H2,1H3,(H,26,27). The van der Waals surface area contributed by atoms with Gasteiger partial charge in [0.15, 0.2) is 23.2 Å². The fraction of sp³-hybridized carbons (Fsp3) is 0.176. The third-order valence-corrected chi connectivity index (χ3v) is 4.12. The predicted molar refractivity (Wildman–Crippen MR) is 82.0 cm³/mol. The van der Waals surface area contributed by atoms with Gasteiger partial charge in [-0.15, -0.1) is 0 Å². The van der Waals surface area contributed by atoms with Crippen molar-refractivity contribution in [3.8, 4) is 16.9 Å². The summed E-state index contributed by atoms with van der Waals surface area (Å²) in [7, 11) is 0. The molecule has 0 aliphatic carbocycles. The Kier molecular flexibility index (Phi) is 4.67. The molecular formula is C17H8F7NO4. The number of ether oxygens (including phenoxy) is 1. The van der Waals surface area contributed by atoms with Gasteiger partial charge < -0.3 is 9.84 Å². The molecule has 2 aromatic rings. The van der Waals surface area contributed by atoms with Crippen molar-refractivity contribution in [3.05, 3.63) is 46.8 Å². The van der Waals surface area contributed by atoms with Crippen LogP contribution in [0.25, 0.3) is 11.1 Å². The van der Waals surface area contributed by atoms with Crippen LogP contribution in [0.3, 0.4) is 0 Å². The molecule has 2 aromatic carbocycles. The monoisotopic (exact) mass is 423 g/mol. The van der Waals surface area contributed by atoms with E-state index in [9.17, 15) is 40.3 Å². The van der Waals surface area contributed by atoms with E-state index in [0.717, 1.165) is 6.92 Å². The topological polar surface area (TPSA) is 66.8 Å². The normalized spacial score (nSPS) is 15.2. The van der Waals surface area contributed by atoms with E-state index in [1.54, 1.807) is 0 Å². The van der Waals surface area contributed by atoms with Gasteiger partial charge in [0.25, 0.3) is 0 Å². The molecule has 1 amide bonds. The summed E-state index contributed by atoms with van der Waals surface area (Å²) in [6, 6.07) is 0.647. The molecule has 0 spiro atoms. The number of carboxylic acids is 1. The summed E-state index contributed by atoms with van der Waals surface area (Å²) >= 11 is 0. The Morgan fingerprint density at radius 1 is 1.07 bits per heavy atom. The molecule has 1 N–H and O–H groups in total. The van der Waals surface area contributed by atoms with Crippen LogP contribution in [0.15, 0.2) is 12.1 Å². The number of amides is 1. The van der Waals surface area contributed by atoms with Crippen molar-refractivity contribution in [1.29, 1.82) is 0 Å². The summed E-state index contributed by atoms with van der Waals surface area (Å²) in [4.78, 5) is 22.7. The van der Waals surface area contributed by atoms with Gasteiger partial charge in [-0.1, -0.05) is 0 Å². The Balaban J connectivity index is 2.31. The van der Waals surface area contributed by atoms with Gasteiger partial charge in [0.05, 0.1) is 11.3 Å². The second kappa shape index (κ2) is 6.64. The molecule has 0 radical (unpaired) electrons. The van der Waals surface area contributed by atoms with Crippen molar-refractivity contribution in [1.82, 2.24) is 0 Å². The van der Waals surface area contributed by atoms with E-state index in [1.807, 2.05) is 0 Å². The number of carboxylic acid groups (broad SMARTS) is 1. The smallest absolute Gasteiger partial charge is 0.480 e. The zero-order chi connectivity index (χ0) is 21.8. The lowest BCUT2D eigenvalue weighted by molar-refractivity contribution is -0.193. The summed E-state index contributed by atoms with van der Waals surface area (Å²) in [6.07, 6.45) is -4.54. The lowest BCUT2D eigenvalue weighted by Gasteiger charge is -2.33. The molecule has 1 aliphatic rings. The average Bonchev–Trinajstić information content (AvgIpc) is 2.63. The zero-order valence-corrected chi connectivity index (χ0v) is 14.1. The molecule has 0 bridgehead atoms. The van der Waals surface area contributed by atoms with Crippen molar-refractivity contribution in [2.75, 3.05) is 11.4 Å². The van der Waals surface area contributed by atoms with E-state index in [-0.39, 0.29) is 11.0 Å². The Morgan fingerprint density at radius 3 is 2.28 bits per heavy atom. The highest BCUT2D eigenvalue weighted by atomic mass is 19.3.